The second-order valence-electron chi connectivity index (χ2n) is 9.95. The third-order valence-electron chi connectivity index (χ3n) is 7.61. The van der Waals surface area contributed by atoms with Crippen molar-refractivity contribution in [1.82, 2.24) is 15.1 Å². The molecule has 5 rings (SSSR count). The molecule has 3 aliphatic heterocycles. The highest BCUT2D eigenvalue weighted by molar-refractivity contribution is 6.51. The Hall–Kier alpha value is -3.04. The van der Waals surface area contributed by atoms with Gasteiger partial charge in [0.2, 0.25) is 11.8 Å². The van der Waals surface area contributed by atoms with Crippen LogP contribution in [-0.2, 0) is 27.5 Å². The molecule has 2 unspecified atom stereocenters. The minimum atomic E-state index is -0.663. The zero-order chi connectivity index (χ0) is 25.4. The Morgan fingerprint density at radius 2 is 1.75 bits per heavy atom. The van der Waals surface area contributed by atoms with Crippen LogP contribution in [0.3, 0.4) is 0 Å². The van der Waals surface area contributed by atoms with E-state index in [0.29, 0.717) is 24.3 Å². The van der Waals surface area contributed by atoms with Crippen LogP contribution in [0.4, 0.5) is 0 Å². The zero-order valence-corrected chi connectivity index (χ0v) is 21.1. The van der Waals surface area contributed by atoms with E-state index in [4.69, 9.17) is 9.47 Å². The highest BCUT2D eigenvalue weighted by atomic mass is 16.5. The summed E-state index contributed by atoms with van der Waals surface area (Å²) in [4.78, 5) is 41.7. The number of nitrogens with one attached hydrogen (secondary N) is 1. The highest BCUT2D eigenvalue weighted by Gasteiger charge is 2.45. The summed E-state index contributed by atoms with van der Waals surface area (Å²) < 4.78 is 11.7. The van der Waals surface area contributed by atoms with E-state index >= 15 is 0 Å². The van der Waals surface area contributed by atoms with Crippen LogP contribution >= 0.6 is 0 Å². The molecule has 3 heterocycles. The van der Waals surface area contributed by atoms with E-state index in [2.05, 4.69) is 34.5 Å². The Balaban J connectivity index is 1.33. The van der Waals surface area contributed by atoms with Gasteiger partial charge in [0.15, 0.2) is 0 Å². The first-order chi connectivity index (χ1) is 17.3. The SMILES string of the molecule is Bc1cc(OCc2ccc(CN3CCOCC3)cc2)c2c(c1B)C(=O)N(C1CCC(=O)NC1=O)C2B. The minimum Gasteiger partial charge on any atom is -0.489 e. The molecule has 36 heavy (non-hydrogen) atoms. The average Bonchev–Trinajstić information content (AvgIpc) is 3.12. The third-order valence-corrected chi connectivity index (χ3v) is 7.61. The molecule has 0 spiro atoms. The fraction of sp³-hybridized carbons (Fsp3) is 0.400. The summed E-state index contributed by atoms with van der Waals surface area (Å²) in [6, 6.07) is 9.76. The summed E-state index contributed by atoms with van der Waals surface area (Å²) in [6.45, 7) is 4.77. The zero-order valence-electron chi connectivity index (χ0n) is 21.1. The van der Waals surface area contributed by atoms with Crippen molar-refractivity contribution in [2.45, 2.75) is 38.0 Å². The molecule has 2 aromatic rings. The fourth-order valence-electron chi connectivity index (χ4n) is 5.44. The maximum Gasteiger partial charge on any atom is 0.254 e. The normalized spacial score (nSPS) is 22.4. The van der Waals surface area contributed by atoms with Gasteiger partial charge in [-0.3, -0.25) is 24.6 Å². The molecule has 3 amide bonds. The van der Waals surface area contributed by atoms with E-state index in [0.717, 1.165) is 54.9 Å². The van der Waals surface area contributed by atoms with E-state index in [1.165, 1.54) is 5.56 Å². The number of carbonyl (C=O) groups excluding carboxylic acids is 3. The summed E-state index contributed by atoms with van der Waals surface area (Å²) >= 11 is 0. The maximum atomic E-state index is 13.5. The smallest absolute Gasteiger partial charge is 0.254 e. The molecule has 3 aliphatic rings. The summed E-state index contributed by atoms with van der Waals surface area (Å²) in [5.74, 6) is -0.540. The molecule has 2 atom stereocenters. The number of hydrogen-bond donors (Lipinski definition) is 1. The molecule has 0 bridgehead atoms. The molecule has 0 radical (unpaired) electrons. The van der Waals surface area contributed by atoms with Crippen molar-refractivity contribution in [2.75, 3.05) is 26.3 Å². The number of fused-ring (bicyclic) bond motifs is 1. The summed E-state index contributed by atoms with van der Waals surface area (Å²) in [5.41, 5.74) is 5.60. The number of amides is 3. The number of hydrogen-bond acceptors (Lipinski definition) is 6. The van der Waals surface area contributed by atoms with Crippen LogP contribution in [0.1, 0.15) is 45.8 Å². The lowest BCUT2D eigenvalue weighted by Gasteiger charge is -2.33. The van der Waals surface area contributed by atoms with E-state index in [-0.39, 0.29) is 24.2 Å². The first-order valence-electron chi connectivity index (χ1n) is 12.6. The molecule has 0 aliphatic carbocycles. The number of benzene rings is 2. The van der Waals surface area contributed by atoms with Gasteiger partial charge in [0.25, 0.3) is 5.91 Å². The van der Waals surface area contributed by atoms with E-state index in [1.807, 2.05) is 29.6 Å². The van der Waals surface area contributed by atoms with Crippen LogP contribution in [0.5, 0.6) is 5.75 Å². The lowest BCUT2D eigenvalue weighted by molar-refractivity contribution is -0.137. The number of nitrogens with zero attached hydrogens (tertiary/aromatic N) is 2. The van der Waals surface area contributed by atoms with Gasteiger partial charge in [0.1, 0.15) is 41.9 Å². The molecule has 1 N–H and O–H groups in total. The lowest BCUT2D eigenvalue weighted by Crippen LogP contribution is -2.53. The standard InChI is InChI=1S/C25H30B3N3O5/c26-16-11-18(36-13-15-3-1-14(2-4-15)12-30-7-9-35-10-8-30)20-21(22(16)27)25(34)31(23(20)28)17-5-6-19(32)29-24(17)33/h1-4,11,17,23H,5-10,12-13,26-28H2,(H,29,32,33). The van der Waals surface area contributed by atoms with Crippen molar-refractivity contribution >= 4 is 52.2 Å². The van der Waals surface area contributed by atoms with Crippen molar-refractivity contribution in [2.24, 2.45) is 0 Å². The van der Waals surface area contributed by atoms with E-state index < -0.39 is 11.9 Å². The summed E-state index contributed by atoms with van der Waals surface area (Å²) in [7, 11) is 5.83. The van der Waals surface area contributed by atoms with Gasteiger partial charge in [-0.2, -0.15) is 0 Å². The van der Waals surface area contributed by atoms with Crippen molar-refractivity contribution in [3.63, 3.8) is 0 Å². The van der Waals surface area contributed by atoms with Crippen molar-refractivity contribution in [1.29, 1.82) is 0 Å². The van der Waals surface area contributed by atoms with Crippen LogP contribution in [0, 0.1) is 0 Å². The molecular weight excluding hydrogens is 455 g/mol. The largest absolute Gasteiger partial charge is 0.489 e. The maximum absolute atomic E-state index is 13.5. The predicted molar refractivity (Wildman–Crippen MR) is 143 cm³/mol. The van der Waals surface area contributed by atoms with Gasteiger partial charge in [-0.25, -0.2) is 0 Å². The van der Waals surface area contributed by atoms with Gasteiger partial charge in [-0.1, -0.05) is 35.2 Å². The number of morpholine rings is 1. The van der Waals surface area contributed by atoms with Gasteiger partial charge >= 0.3 is 0 Å². The number of ether oxygens (including phenoxy) is 2. The highest BCUT2D eigenvalue weighted by Crippen LogP contribution is 2.39. The molecule has 2 fully saturated rings. The molecule has 0 saturated carbocycles. The molecule has 11 heteroatoms. The van der Waals surface area contributed by atoms with Crippen LogP contribution in [0.15, 0.2) is 30.3 Å². The van der Waals surface area contributed by atoms with Gasteiger partial charge in [-0.15, -0.1) is 0 Å². The van der Waals surface area contributed by atoms with Crippen molar-refractivity contribution in [3.8, 4) is 5.75 Å². The first kappa shape index (κ1) is 24.7. The molecule has 2 saturated heterocycles. The topological polar surface area (TPSA) is 88.2 Å². The van der Waals surface area contributed by atoms with Gasteiger partial charge in [0, 0.05) is 43.1 Å². The molecule has 8 nitrogen and oxygen atoms in total. The van der Waals surface area contributed by atoms with Gasteiger partial charge in [0.05, 0.1) is 13.2 Å². The Morgan fingerprint density at radius 3 is 2.44 bits per heavy atom. The van der Waals surface area contributed by atoms with Crippen LogP contribution in [-0.4, -0.2) is 83.4 Å². The first-order valence-corrected chi connectivity index (χ1v) is 12.6. The molecular formula is C25H30B3N3O5. The molecule has 184 valence electrons. The quantitative estimate of drug-likeness (QED) is 0.360. The fourth-order valence-corrected chi connectivity index (χ4v) is 5.44. The Labute approximate surface area is 213 Å². The Bertz CT molecular complexity index is 1200. The van der Waals surface area contributed by atoms with Crippen LogP contribution < -0.4 is 21.0 Å². The number of piperidine rings is 1. The average molecular weight is 485 g/mol. The molecule has 2 aromatic carbocycles. The molecule has 0 aromatic heterocycles. The monoisotopic (exact) mass is 485 g/mol. The second kappa shape index (κ2) is 10.1. The lowest BCUT2D eigenvalue weighted by atomic mass is 9.74. The van der Waals surface area contributed by atoms with Crippen molar-refractivity contribution < 1.29 is 23.9 Å². The third kappa shape index (κ3) is 4.69. The van der Waals surface area contributed by atoms with E-state index in [1.54, 1.807) is 4.90 Å². The number of carbonyl (C=O) groups is 3. The predicted octanol–water partition coefficient (Wildman–Crippen LogP) is -2.49. The number of imide groups is 1. The Morgan fingerprint density at radius 1 is 1.06 bits per heavy atom. The van der Waals surface area contributed by atoms with Crippen LogP contribution in [0.25, 0.3) is 0 Å². The number of rotatable bonds is 6. The van der Waals surface area contributed by atoms with Gasteiger partial charge < -0.3 is 14.4 Å². The minimum absolute atomic E-state index is 0.175. The Kier molecular flexibility index (Phi) is 6.95. The van der Waals surface area contributed by atoms with Crippen LogP contribution in [0.2, 0.25) is 0 Å². The summed E-state index contributed by atoms with van der Waals surface area (Å²) in [5, 5.41) is 2.38. The van der Waals surface area contributed by atoms with E-state index in [9.17, 15) is 14.4 Å². The van der Waals surface area contributed by atoms with Gasteiger partial charge in [-0.05, 0) is 23.6 Å². The second-order valence-corrected chi connectivity index (χ2v) is 9.95. The van der Waals surface area contributed by atoms with Crippen molar-refractivity contribution in [3.05, 3.63) is 52.6 Å². The summed E-state index contributed by atoms with van der Waals surface area (Å²) in [6.07, 6.45) is 0.561.